The first-order chi connectivity index (χ1) is 8.11. The normalized spacial score (nSPS) is 12.5. The van der Waals surface area contributed by atoms with Gasteiger partial charge in [0.2, 0.25) is 0 Å². The zero-order valence-corrected chi connectivity index (χ0v) is 11.4. The number of hydrogen-bond acceptors (Lipinski definition) is 3. The van der Waals surface area contributed by atoms with E-state index in [0.29, 0.717) is 10.6 Å². The van der Waals surface area contributed by atoms with Gasteiger partial charge in [-0.25, -0.2) is 4.39 Å². The summed E-state index contributed by atoms with van der Waals surface area (Å²) in [5.41, 5.74) is 0.250. The number of methoxy groups -OCH3 is 1. The topological polar surface area (TPSA) is 29.5 Å². The highest BCUT2D eigenvalue weighted by atomic mass is 79.9. The fraction of sp³-hybridized carbons (Fsp3) is 0.167. The standard InChI is InChI=1S/C12H10BrFO2S/c1-16-8-2-3-9(10(14)5-8)12(15)11-4-7(13)6-17-11/h2-6,12,15H,1H3. The lowest BCUT2D eigenvalue weighted by molar-refractivity contribution is 0.218. The Labute approximate surface area is 111 Å². The van der Waals surface area contributed by atoms with Gasteiger partial charge in [-0.2, -0.15) is 0 Å². The lowest BCUT2D eigenvalue weighted by atomic mass is 10.1. The van der Waals surface area contributed by atoms with Gasteiger partial charge in [0.05, 0.1) is 7.11 Å². The molecule has 0 amide bonds. The maximum absolute atomic E-state index is 13.7. The van der Waals surface area contributed by atoms with Crippen LogP contribution in [0.25, 0.3) is 0 Å². The predicted octanol–water partition coefficient (Wildman–Crippen LogP) is 3.74. The maximum atomic E-state index is 13.7. The highest BCUT2D eigenvalue weighted by molar-refractivity contribution is 9.10. The van der Waals surface area contributed by atoms with Crippen LogP contribution in [0.15, 0.2) is 34.1 Å². The molecule has 0 saturated carbocycles. The number of hydrogen-bond donors (Lipinski definition) is 1. The number of halogens is 2. The minimum absolute atomic E-state index is 0.250. The molecule has 1 N–H and O–H groups in total. The highest BCUT2D eigenvalue weighted by Gasteiger charge is 2.17. The van der Waals surface area contributed by atoms with Gasteiger partial charge >= 0.3 is 0 Å². The van der Waals surface area contributed by atoms with Crippen molar-refractivity contribution in [1.29, 1.82) is 0 Å². The van der Waals surface area contributed by atoms with Crippen LogP contribution in [0.1, 0.15) is 16.5 Å². The molecule has 1 heterocycles. The van der Waals surface area contributed by atoms with Crippen LogP contribution in [-0.4, -0.2) is 12.2 Å². The van der Waals surface area contributed by atoms with Crippen LogP contribution in [0, 0.1) is 5.82 Å². The van der Waals surface area contributed by atoms with Gasteiger partial charge in [-0.15, -0.1) is 11.3 Å². The summed E-state index contributed by atoms with van der Waals surface area (Å²) in [7, 11) is 1.47. The molecule has 1 atom stereocenters. The van der Waals surface area contributed by atoms with Gasteiger partial charge in [-0.05, 0) is 34.1 Å². The van der Waals surface area contributed by atoms with E-state index in [0.717, 1.165) is 4.47 Å². The zero-order chi connectivity index (χ0) is 12.4. The Bertz CT molecular complexity index is 527. The Morgan fingerprint density at radius 2 is 2.18 bits per heavy atom. The van der Waals surface area contributed by atoms with Gasteiger partial charge in [0.1, 0.15) is 17.7 Å². The molecule has 17 heavy (non-hydrogen) atoms. The quantitative estimate of drug-likeness (QED) is 0.934. The second kappa shape index (κ2) is 5.16. The van der Waals surface area contributed by atoms with E-state index in [9.17, 15) is 9.50 Å². The summed E-state index contributed by atoms with van der Waals surface area (Å²) in [4.78, 5) is 0.695. The molecule has 1 aromatic carbocycles. The van der Waals surface area contributed by atoms with Crippen molar-refractivity contribution in [2.45, 2.75) is 6.10 Å². The molecule has 2 rings (SSSR count). The molecule has 5 heteroatoms. The summed E-state index contributed by atoms with van der Waals surface area (Å²) >= 11 is 4.68. The molecule has 90 valence electrons. The molecule has 0 fully saturated rings. The van der Waals surface area contributed by atoms with Crippen molar-refractivity contribution in [3.8, 4) is 5.75 Å². The number of aliphatic hydroxyl groups excluding tert-OH is 1. The molecule has 2 aromatic rings. The molecular weight excluding hydrogens is 307 g/mol. The average molecular weight is 317 g/mol. The first kappa shape index (κ1) is 12.5. The second-order valence-corrected chi connectivity index (χ2v) is 5.32. The van der Waals surface area contributed by atoms with Crippen LogP contribution in [-0.2, 0) is 0 Å². The Balaban J connectivity index is 2.34. The third-order valence-electron chi connectivity index (χ3n) is 2.36. The smallest absolute Gasteiger partial charge is 0.133 e. The molecule has 0 saturated heterocycles. The second-order valence-electron chi connectivity index (χ2n) is 3.46. The van der Waals surface area contributed by atoms with Gasteiger partial charge in [-0.1, -0.05) is 0 Å². The summed E-state index contributed by atoms with van der Waals surface area (Å²) in [5, 5.41) is 11.9. The van der Waals surface area contributed by atoms with E-state index in [1.165, 1.54) is 30.6 Å². The number of ether oxygens (including phenoxy) is 1. The lowest BCUT2D eigenvalue weighted by Crippen LogP contribution is -2.00. The van der Waals surface area contributed by atoms with Gasteiger partial charge in [-0.3, -0.25) is 0 Å². The molecule has 0 aliphatic rings. The predicted molar refractivity (Wildman–Crippen MR) is 69.0 cm³/mol. The maximum Gasteiger partial charge on any atom is 0.133 e. The molecule has 0 spiro atoms. The van der Waals surface area contributed by atoms with Crippen LogP contribution < -0.4 is 4.74 Å². The van der Waals surface area contributed by atoms with Crippen molar-refractivity contribution in [2.75, 3.05) is 7.11 Å². The summed E-state index contributed by atoms with van der Waals surface area (Å²) < 4.78 is 19.5. The van der Waals surface area contributed by atoms with Gasteiger partial charge in [0.25, 0.3) is 0 Å². The van der Waals surface area contributed by atoms with Crippen molar-refractivity contribution in [3.05, 3.63) is 50.4 Å². The van der Waals surface area contributed by atoms with Crippen LogP contribution in [0.4, 0.5) is 4.39 Å². The summed E-state index contributed by atoms with van der Waals surface area (Å²) in [6.45, 7) is 0. The third-order valence-corrected chi connectivity index (χ3v) is 4.11. The van der Waals surface area contributed by atoms with Crippen LogP contribution in [0.5, 0.6) is 5.75 Å². The van der Waals surface area contributed by atoms with Crippen molar-refractivity contribution >= 4 is 27.3 Å². The van der Waals surface area contributed by atoms with Gasteiger partial charge < -0.3 is 9.84 Å². The van der Waals surface area contributed by atoms with E-state index >= 15 is 0 Å². The highest BCUT2D eigenvalue weighted by Crippen LogP contribution is 2.32. The number of rotatable bonds is 3. The van der Waals surface area contributed by atoms with Crippen LogP contribution in [0.2, 0.25) is 0 Å². The van der Waals surface area contributed by atoms with Gasteiger partial charge in [0.15, 0.2) is 0 Å². The Morgan fingerprint density at radius 1 is 1.41 bits per heavy atom. The lowest BCUT2D eigenvalue weighted by Gasteiger charge is -2.11. The summed E-state index contributed by atoms with van der Waals surface area (Å²) in [5.74, 6) is -0.0350. The Kier molecular flexibility index (Phi) is 3.81. The van der Waals surface area contributed by atoms with Crippen LogP contribution >= 0.6 is 27.3 Å². The molecule has 1 unspecified atom stereocenters. The molecule has 1 aromatic heterocycles. The third kappa shape index (κ3) is 2.68. The average Bonchev–Trinajstić information content (AvgIpc) is 2.75. The molecule has 0 aliphatic heterocycles. The first-order valence-electron chi connectivity index (χ1n) is 4.87. The number of thiophene rings is 1. The fourth-order valence-electron chi connectivity index (χ4n) is 1.48. The summed E-state index contributed by atoms with van der Waals surface area (Å²) in [6.07, 6.45) is -0.947. The van der Waals surface area contributed by atoms with Crippen molar-refractivity contribution in [3.63, 3.8) is 0 Å². The minimum atomic E-state index is -0.947. The Hall–Kier alpha value is -0.910. The molecule has 2 nitrogen and oxygen atoms in total. The molecular formula is C12H10BrFO2S. The Morgan fingerprint density at radius 3 is 2.71 bits per heavy atom. The van der Waals surface area contributed by atoms with E-state index < -0.39 is 11.9 Å². The monoisotopic (exact) mass is 316 g/mol. The van der Waals surface area contributed by atoms with Crippen LogP contribution in [0.3, 0.4) is 0 Å². The van der Waals surface area contributed by atoms with E-state index in [2.05, 4.69) is 15.9 Å². The largest absolute Gasteiger partial charge is 0.497 e. The van der Waals surface area contributed by atoms with E-state index in [1.807, 2.05) is 5.38 Å². The molecule has 0 aliphatic carbocycles. The van der Waals surface area contributed by atoms with Crippen molar-refractivity contribution in [1.82, 2.24) is 0 Å². The summed E-state index contributed by atoms with van der Waals surface area (Å²) in [6, 6.07) is 6.21. The minimum Gasteiger partial charge on any atom is -0.497 e. The number of benzene rings is 1. The van der Waals surface area contributed by atoms with E-state index in [1.54, 1.807) is 12.1 Å². The molecule has 0 radical (unpaired) electrons. The zero-order valence-electron chi connectivity index (χ0n) is 8.98. The van der Waals surface area contributed by atoms with Crippen molar-refractivity contribution < 1.29 is 14.2 Å². The molecule has 0 bridgehead atoms. The first-order valence-corrected chi connectivity index (χ1v) is 6.54. The SMILES string of the molecule is COc1ccc(C(O)c2cc(Br)cs2)c(F)c1. The van der Waals surface area contributed by atoms with Gasteiger partial charge in [0, 0.05) is 26.4 Å². The van der Waals surface area contributed by atoms with Crippen molar-refractivity contribution in [2.24, 2.45) is 0 Å². The van der Waals surface area contributed by atoms with E-state index in [-0.39, 0.29) is 5.56 Å². The fourth-order valence-corrected chi connectivity index (χ4v) is 2.93. The number of aliphatic hydroxyl groups is 1. The van der Waals surface area contributed by atoms with E-state index in [4.69, 9.17) is 4.74 Å².